The van der Waals surface area contributed by atoms with E-state index in [1.807, 2.05) is 32.2 Å². The fraction of sp³-hybridized carbons (Fsp3) is 0.522. The Hall–Kier alpha value is -2.63. The van der Waals surface area contributed by atoms with E-state index in [0.717, 1.165) is 42.4 Å². The van der Waals surface area contributed by atoms with Gasteiger partial charge in [0.25, 0.3) is 5.91 Å². The van der Waals surface area contributed by atoms with Crippen molar-refractivity contribution in [3.63, 3.8) is 0 Å². The summed E-state index contributed by atoms with van der Waals surface area (Å²) < 4.78 is 7.36. The molecule has 3 aromatic rings. The Kier molecular flexibility index (Phi) is 4.64. The van der Waals surface area contributed by atoms with Gasteiger partial charge >= 0.3 is 0 Å². The summed E-state index contributed by atoms with van der Waals surface area (Å²) in [5.74, 6) is 0.813. The van der Waals surface area contributed by atoms with Crippen LogP contribution in [-0.4, -0.2) is 37.7 Å². The Morgan fingerprint density at radius 1 is 1.14 bits per heavy atom. The van der Waals surface area contributed by atoms with Gasteiger partial charge in [-0.3, -0.25) is 9.48 Å². The molecule has 0 aromatic carbocycles. The Labute approximate surface area is 170 Å². The first-order valence-corrected chi connectivity index (χ1v) is 10.8. The molecule has 29 heavy (non-hydrogen) atoms. The molecule has 2 fully saturated rings. The average molecular weight is 393 g/mol. The third-order valence-corrected chi connectivity index (χ3v) is 6.64. The molecule has 6 nitrogen and oxygen atoms in total. The minimum absolute atomic E-state index is 0.139. The van der Waals surface area contributed by atoms with E-state index in [9.17, 15) is 4.79 Å². The van der Waals surface area contributed by atoms with Crippen LogP contribution in [0.2, 0.25) is 0 Å². The van der Waals surface area contributed by atoms with Crippen LogP contribution < -0.4 is 0 Å². The molecule has 0 aliphatic heterocycles. The van der Waals surface area contributed by atoms with Gasteiger partial charge in [-0.25, -0.2) is 4.98 Å². The van der Waals surface area contributed by atoms with Crippen LogP contribution in [0.5, 0.6) is 0 Å². The minimum Gasteiger partial charge on any atom is -0.463 e. The fourth-order valence-electron chi connectivity index (χ4n) is 5.30. The molecule has 0 unspecified atom stereocenters. The third kappa shape index (κ3) is 3.15. The van der Waals surface area contributed by atoms with Gasteiger partial charge in [0.05, 0.1) is 22.9 Å². The zero-order chi connectivity index (χ0) is 20.0. The third-order valence-electron chi connectivity index (χ3n) is 6.64. The van der Waals surface area contributed by atoms with Crippen molar-refractivity contribution >= 4 is 16.9 Å². The average Bonchev–Trinajstić information content (AvgIpc) is 3.52. The van der Waals surface area contributed by atoms with Crippen LogP contribution in [0.15, 0.2) is 28.9 Å². The van der Waals surface area contributed by atoms with Gasteiger partial charge in [-0.2, -0.15) is 5.10 Å². The summed E-state index contributed by atoms with van der Waals surface area (Å²) in [5, 5.41) is 5.43. The van der Waals surface area contributed by atoms with Gasteiger partial charge < -0.3 is 9.32 Å². The Balaban J connectivity index is 1.66. The molecular formula is C23H28N4O2. The Morgan fingerprint density at radius 2 is 1.79 bits per heavy atom. The normalized spacial score (nSPS) is 18.1. The molecule has 6 heteroatoms. The number of hydrogen-bond acceptors (Lipinski definition) is 4. The first-order chi connectivity index (χ1) is 14.1. The number of nitrogens with zero attached hydrogens (tertiary/aromatic N) is 4. The summed E-state index contributed by atoms with van der Waals surface area (Å²) in [6.45, 7) is 1.96. The van der Waals surface area contributed by atoms with E-state index in [1.165, 1.54) is 25.7 Å². The first-order valence-electron chi connectivity index (χ1n) is 10.8. The van der Waals surface area contributed by atoms with E-state index in [1.54, 1.807) is 10.9 Å². The lowest BCUT2D eigenvalue weighted by Gasteiger charge is -2.35. The number of rotatable bonds is 4. The molecular weight excluding hydrogens is 364 g/mol. The summed E-state index contributed by atoms with van der Waals surface area (Å²) in [6, 6.07) is 6.36. The van der Waals surface area contributed by atoms with Crippen molar-refractivity contribution in [2.75, 3.05) is 0 Å². The Morgan fingerprint density at radius 3 is 2.38 bits per heavy atom. The first kappa shape index (κ1) is 18.4. The maximum atomic E-state index is 14.0. The molecule has 0 atom stereocenters. The Bertz CT molecular complexity index is 1010. The topological polar surface area (TPSA) is 64.2 Å². The predicted octanol–water partition coefficient (Wildman–Crippen LogP) is 4.86. The van der Waals surface area contributed by atoms with Crippen molar-refractivity contribution in [2.45, 2.75) is 70.4 Å². The van der Waals surface area contributed by atoms with Crippen LogP contribution in [0.25, 0.3) is 22.5 Å². The lowest BCUT2D eigenvalue weighted by molar-refractivity contribution is 0.0582. The largest absolute Gasteiger partial charge is 0.463 e. The molecule has 2 aliphatic carbocycles. The molecule has 0 saturated heterocycles. The van der Waals surface area contributed by atoms with Crippen molar-refractivity contribution in [3.8, 4) is 11.5 Å². The summed E-state index contributed by atoms with van der Waals surface area (Å²) in [5.41, 5.74) is 2.98. The second kappa shape index (κ2) is 7.32. The molecule has 0 bridgehead atoms. The van der Waals surface area contributed by atoms with Crippen LogP contribution >= 0.6 is 0 Å². The number of hydrogen-bond donors (Lipinski definition) is 0. The van der Waals surface area contributed by atoms with Crippen molar-refractivity contribution in [2.24, 2.45) is 7.05 Å². The molecule has 0 N–H and O–H groups in total. The number of aromatic nitrogens is 3. The summed E-state index contributed by atoms with van der Waals surface area (Å²) in [6.07, 6.45) is 11.0. The number of furan rings is 1. The van der Waals surface area contributed by atoms with Gasteiger partial charge in [0.2, 0.25) is 0 Å². The number of carbonyl (C=O) groups is 1. The van der Waals surface area contributed by atoms with Crippen molar-refractivity contribution in [3.05, 3.63) is 35.7 Å². The van der Waals surface area contributed by atoms with E-state index in [4.69, 9.17) is 9.40 Å². The molecule has 0 radical (unpaired) electrons. The number of carbonyl (C=O) groups excluding carboxylic acids is 1. The zero-order valence-electron chi connectivity index (χ0n) is 17.2. The molecule has 0 spiro atoms. The highest BCUT2D eigenvalue weighted by Gasteiger charge is 2.36. The molecule has 5 rings (SSSR count). The maximum absolute atomic E-state index is 14.0. The molecule has 152 valence electrons. The number of fused-ring (bicyclic) bond motifs is 1. The summed E-state index contributed by atoms with van der Waals surface area (Å²) in [7, 11) is 1.88. The lowest BCUT2D eigenvalue weighted by atomic mass is 10.0. The number of pyridine rings is 1. The number of amides is 1. The monoisotopic (exact) mass is 392 g/mol. The SMILES string of the molecule is Cc1nn(C)c2nc(-c3ccco3)cc(C(=O)N(C3CCCC3)C3CCCC3)c12. The maximum Gasteiger partial charge on any atom is 0.255 e. The van der Waals surface area contributed by atoms with Gasteiger partial charge in [0, 0.05) is 19.1 Å². The zero-order valence-corrected chi connectivity index (χ0v) is 17.2. The van der Waals surface area contributed by atoms with Crippen LogP contribution in [0.1, 0.15) is 67.4 Å². The van der Waals surface area contributed by atoms with E-state index in [0.29, 0.717) is 29.1 Å². The molecule has 3 heterocycles. The van der Waals surface area contributed by atoms with Crippen molar-refractivity contribution in [1.29, 1.82) is 0 Å². The summed E-state index contributed by atoms with van der Waals surface area (Å²) >= 11 is 0. The van der Waals surface area contributed by atoms with Gasteiger partial charge in [-0.1, -0.05) is 25.7 Å². The smallest absolute Gasteiger partial charge is 0.255 e. The van der Waals surface area contributed by atoms with E-state index in [-0.39, 0.29) is 5.91 Å². The molecule has 2 aliphatic rings. The van der Waals surface area contributed by atoms with Crippen LogP contribution in [0, 0.1) is 6.92 Å². The molecule has 3 aromatic heterocycles. The van der Waals surface area contributed by atoms with Gasteiger partial charge in [-0.15, -0.1) is 0 Å². The summed E-state index contributed by atoms with van der Waals surface area (Å²) in [4.78, 5) is 21.0. The standard InChI is InChI=1S/C23H28N4O2/c1-15-21-18(14-19(20-12-7-13-29-20)24-22(21)26(2)25-15)23(28)27(16-8-3-4-9-16)17-10-5-6-11-17/h7,12-14,16-17H,3-6,8-11H2,1-2H3. The van der Waals surface area contributed by atoms with E-state index >= 15 is 0 Å². The molecule has 1 amide bonds. The van der Waals surface area contributed by atoms with E-state index < -0.39 is 0 Å². The quantitative estimate of drug-likeness (QED) is 0.636. The highest BCUT2D eigenvalue weighted by molar-refractivity contribution is 6.07. The van der Waals surface area contributed by atoms with Crippen molar-refractivity contribution < 1.29 is 9.21 Å². The van der Waals surface area contributed by atoms with E-state index in [2.05, 4.69) is 10.00 Å². The highest BCUT2D eigenvalue weighted by Crippen LogP contribution is 2.35. The van der Waals surface area contributed by atoms with Gasteiger partial charge in [0.15, 0.2) is 11.4 Å². The lowest BCUT2D eigenvalue weighted by Crippen LogP contribution is -2.45. The van der Waals surface area contributed by atoms with Crippen LogP contribution in [0.3, 0.4) is 0 Å². The van der Waals surface area contributed by atoms with Crippen LogP contribution in [0.4, 0.5) is 0 Å². The fourth-order valence-corrected chi connectivity index (χ4v) is 5.30. The van der Waals surface area contributed by atoms with Crippen molar-refractivity contribution in [1.82, 2.24) is 19.7 Å². The van der Waals surface area contributed by atoms with Gasteiger partial charge in [-0.05, 0) is 50.8 Å². The second-order valence-electron chi connectivity index (χ2n) is 8.53. The number of aryl methyl sites for hydroxylation is 2. The van der Waals surface area contributed by atoms with Gasteiger partial charge in [0.1, 0.15) is 5.69 Å². The predicted molar refractivity (Wildman–Crippen MR) is 112 cm³/mol. The highest BCUT2D eigenvalue weighted by atomic mass is 16.3. The minimum atomic E-state index is 0.139. The van der Waals surface area contributed by atoms with Crippen LogP contribution in [-0.2, 0) is 7.05 Å². The molecule has 2 saturated carbocycles. The second-order valence-corrected chi connectivity index (χ2v) is 8.53.